The van der Waals surface area contributed by atoms with Gasteiger partial charge in [0.05, 0.1) is 11.5 Å². The average molecular weight is 226 g/mol. The molecule has 1 amide bonds. The van der Waals surface area contributed by atoms with Gasteiger partial charge in [0.25, 0.3) is 0 Å². The second-order valence-electron chi connectivity index (χ2n) is 4.34. The van der Waals surface area contributed by atoms with Crippen molar-refractivity contribution in [1.82, 2.24) is 5.32 Å². The molecular weight excluding hydrogens is 208 g/mol. The maximum absolute atomic E-state index is 11.8. The van der Waals surface area contributed by atoms with E-state index in [-0.39, 0.29) is 11.9 Å². The standard InChI is InChI=1S/C11H18N2OS/c1-8(9-4-5-15-6-9)13-10(14)11(2,3)7-12/h4-6,8H,7,12H2,1-3H3,(H,13,14). The molecule has 0 spiro atoms. The largest absolute Gasteiger partial charge is 0.349 e. The van der Waals surface area contributed by atoms with E-state index < -0.39 is 5.41 Å². The lowest BCUT2D eigenvalue weighted by Gasteiger charge is -2.24. The van der Waals surface area contributed by atoms with Crippen LogP contribution in [0.4, 0.5) is 0 Å². The minimum atomic E-state index is -0.496. The Morgan fingerprint density at radius 2 is 2.33 bits per heavy atom. The van der Waals surface area contributed by atoms with Gasteiger partial charge in [-0.2, -0.15) is 11.3 Å². The van der Waals surface area contributed by atoms with Gasteiger partial charge in [0.2, 0.25) is 5.91 Å². The van der Waals surface area contributed by atoms with Crippen molar-refractivity contribution in [1.29, 1.82) is 0 Å². The van der Waals surface area contributed by atoms with E-state index in [2.05, 4.69) is 5.32 Å². The van der Waals surface area contributed by atoms with E-state index in [0.29, 0.717) is 6.54 Å². The Hall–Kier alpha value is -0.870. The van der Waals surface area contributed by atoms with Crippen LogP contribution in [0.2, 0.25) is 0 Å². The summed E-state index contributed by atoms with van der Waals surface area (Å²) in [6.45, 7) is 6.03. The first-order valence-corrected chi connectivity index (χ1v) is 5.95. The molecule has 0 fully saturated rings. The third-order valence-electron chi connectivity index (χ3n) is 2.52. The van der Waals surface area contributed by atoms with Crippen LogP contribution in [0, 0.1) is 5.41 Å². The molecule has 1 heterocycles. The molecule has 1 aromatic heterocycles. The molecule has 84 valence electrons. The molecule has 3 nitrogen and oxygen atoms in total. The van der Waals surface area contributed by atoms with E-state index in [1.54, 1.807) is 11.3 Å². The van der Waals surface area contributed by atoms with Gasteiger partial charge in [0.1, 0.15) is 0 Å². The van der Waals surface area contributed by atoms with Crippen LogP contribution in [0.1, 0.15) is 32.4 Å². The molecule has 1 aromatic rings. The fraction of sp³-hybridized carbons (Fsp3) is 0.545. The van der Waals surface area contributed by atoms with Crippen LogP contribution in [0.25, 0.3) is 0 Å². The normalized spacial score (nSPS) is 13.6. The predicted molar refractivity (Wildman–Crippen MR) is 63.7 cm³/mol. The molecule has 0 bridgehead atoms. The Balaban J connectivity index is 2.60. The molecule has 0 saturated heterocycles. The summed E-state index contributed by atoms with van der Waals surface area (Å²) >= 11 is 1.63. The Bertz CT molecular complexity index is 319. The number of carbonyl (C=O) groups excluding carboxylic acids is 1. The molecule has 0 aliphatic carbocycles. The van der Waals surface area contributed by atoms with Crippen molar-refractivity contribution in [3.8, 4) is 0 Å². The van der Waals surface area contributed by atoms with Gasteiger partial charge in [-0.15, -0.1) is 0 Å². The highest BCUT2D eigenvalue weighted by Crippen LogP contribution is 2.19. The van der Waals surface area contributed by atoms with Crippen LogP contribution < -0.4 is 11.1 Å². The first kappa shape index (κ1) is 12.2. The third-order valence-corrected chi connectivity index (χ3v) is 3.22. The minimum absolute atomic E-state index is 0.00343. The van der Waals surface area contributed by atoms with Crippen LogP contribution in [0.5, 0.6) is 0 Å². The van der Waals surface area contributed by atoms with Crippen molar-refractivity contribution >= 4 is 17.2 Å². The molecule has 15 heavy (non-hydrogen) atoms. The summed E-state index contributed by atoms with van der Waals surface area (Å²) in [6.07, 6.45) is 0. The highest BCUT2D eigenvalue weighted by Gasteiger charge is 2.26. The Kier molecular flexibility index (Phi) is 3.88. The van der Waals surface area contributed by atoms with E-state index in [4.69, 9.17) is 5.73 Å². The fourth-order valence-electron chi connectivity index (χ4n) is 1.09. The molecule has 1 rings (SSSR count). The van der Waals surface area contributed by atoms with Crippen molar-refractivity contribution in [2.75, 3.05) is 6.54 Å². The highest BCUT2D eigenvalue weighted by atomic mass is 32.1. The van der Waals surface area contributed by atoms with E-state index in [0.717, 1.165) is 5.56 Å². The molecule has 3 N–H and O–H groups in total. The molecule has 0 aromatic carbocycles. The van der Waals surface area contributed by atoms with E-state index in [9.17, 15) is 4.79 Å². The quantitative estimate of drug-likeness (QED) is 0.824. The van der Waals surface area contributed by atoms with Gasteiger partial charge in [0, 0.05) is 6.54 Å². The Morgan fingerprint density at radius 1 is 1.67 bits per heavy atom. The topological polar surface area (TPSA) is 55.1 Å². The molecule has 0 radical (unpaired) electrons. The van der Waals surface area contributed by atoms with Crippen LogP contribution in [-0.2, 0) is 4.79 Å². The molecule has 1 unspecified atom stereocenters. The summed E-state index contributed by atoms with van der Waals surface area (Å²) in [5.41, 5.74) is 6.19. The van der Waals surface area contributed by atoms with Crippen LogP contribution in [0.15, 0.2) is 16.8 Å². The van der Waals surface area contributed by atoms with Crippen molar-refractivity contribution in [3.63, 3.8) is 0 Å². The number of thiophene rings is 1. The molecule has 4 heteroatoms. The van der Waals surface area contributed by atoms with Crippen LogP contribution in [0.3, 0.4) is 0 Å². The molecule has 0 aliphatic heterocycles. The lowest BCUT2D eigenvalue weighted by Crippen LogP contribution is -2.42. The number of amides is 1. The fourth-order valence-corrected chi connectivity index (χ4v) is 1.84. The number of rotatable bonds is 4. The summed E-state index contributed by atoms with van der Waals surface area (Å²) in [4.78, 5) is 11.8. The monoisotopic (exact) mass is 226 g/mol. The molecule has 0 aliphatic rings. The number of hydrogen-bond donors (Lipinski definition) is 2. The zero-order valence-electron chi connectivity index (χ0n) is 9.41. The number of nitrogens with one attached hydrogen (secondary N) is 1. The van der Waals surface area contributed by atoms with E-state index in [1.807, 2.05) is 37.6 Å². The van der Waals surface area contributed by atoms with Gasteiger partial charge >= 0.3 is 0 Å². The van der Waals surface area contributed by atoms with Crippen LogP contribution >= 0.6 is 11.3 Å². The van der Waals surface area contributed by atoms with Crippen molar-refractivity contribution < 1.29 is 4.79 Å². The predicted octanol–water partition coefficient (Wildman–Crippen LogP) is 1.91. The highest BCUT2D eigenvalue weighted by molar-refractivity contribution is 7.07. The van der Waals surface area contributed by atoms with Gasteiger partial charge in [-0.1, -0.05) is 0 Å². The van der Waals surface area contributed by atoms with Gasteiger partial charge in [0.15, 0.2) is 0 Å². The van der Waals surface area contributed by atoms with E-state index in [1.165, 1.54) is 0 Å². The third kappa shape index (κ3) is 3.04. The summed E-state index contributed by atoms with van der Waals surface area (Å²) in [5.74, 6) is 0.00343. The number of hydrogen-bond acceptors (Lipinski definition) is 3. The summed E-state index contributed by atoms with van der Waals surface area (Å²) in [6, 6.07) is 2.07. The van der Waals surface area contributed by atoms with Gasteiger partial charge < -0.3 is 11.1 Å². The zero-order chi connectivity index (χ0) is 11.5. The second-order valence-corrected chi connectivity index (χ2v) is 5.12. The van der Waals surface area contributed by atoms with Crippen molar-refractivity contribution in [2.24, 2.45) is 11.1 Å². The molecule has 1 atom stereocenters. The molecule has 0 saturated carbocycles. The first-order chi connectivity index (χ1) is 6.97. The van der Waals surface area contributed by atoms with Crippen LogP contribution in [-0.4, -0.2) is 12.5 Å². The Labute approximate surface area is 94.7 Å². The van der Waals surface area contributed by atoms with Gasteiger partial charge in [-0.3, -0.25) is 4.79 Å². The molecular formula is C11H18N2OS. The smallest absolute Gasteiger partial charge is 0.227 e. The summed E-state index contributed by atoms with van der Waals surface area (Å²) in [5, 5.41) is 7.01. The number of nitrogens with two attached hydrogens (primary N) is 1. The number of carbonyl (C=O) groups is 1. The van der Waals surface area contributed by atoms with Gasteiger partial charge in [-0.25, -0.2) is 0 Å². The van der Waals surface area contributed by atoms with Gasteiger partial charge in [-0.05, 0) is 43.2 Å². The lowest BCUT2D eigenvalue weighted by atomic mass is 9.92. The second kappa shape index (κ2) is 4.77. The summed E-state index contributed by atoms with van der Waals surface area (Å²) in [7, 11) is 0. The maximum atomic E-state index is 11.8. The minimum Gasteiger partial charge on any atom is -0.349 e. The van der Waals surface area contributed by atoms with Crippen molar-refractivity contribution in [3.05, 3.63) is 22.4 Å². The zero-order valence-corrected chi connectivity index (χ0v) is 10.2. The van der Waals surface area contributed by atoms with Crippen molar-refractivity contribution in [2.45, 2.75) is 26.8 Å². The maximum Gasteiger partial charge on any atom is 0.227 e. The Morgan fingerprint density at radius 3 is 2.80 bits per heavy atom. The SMILES string of the molecule is CC(NC(=O)C(C)(C)CN)c1ccsc1. The van der Waals surface area contributed by atoms with E-state index >= 15 is 0 Å². The summed E-state index contributed by atoms with van der Waals surface area (Å²) < 4.78 is 0. The average Bonchev–Trinajstić information content (AvgIpc) is 2.70. The first-order valence-electron chi connectivity index (χ1n) is 5.00. The lowest BCUT2D eigenvalue weighted by molar-refractivity contribution is -0.129.